The molecule has 3 saturated heterocycles. The Hall–Kier alpha value is -2.42. The molecule has 0 saturated carbocycles. The van der Waals surface area contributed by atoms with Crippen LogP contribution in [0.5, 0.6) is 0 Å². The van der Waals surface area contributed by atoms with E-state index >= 15 is 0 Å². The summed E-state index contributed by atoms with van der Waals surface area (Å²) < 4.78 is 7.47. The Kier molecular flexibility index (Phi) is 6.90. The molecule has 0 unspecified atom stereocenters. The van der Waals surface area contributed by atoms with Gasteiger partial charge in [0.15, 0.2) is 0 Å². The molecule has 1 aromatic carbocycles. The van der Waals surface area contributed by atoms with Crippen LogP contribution in [0.4, 0.5) is 0 Å². The molecule has 8 nitrogen and oxygen atoms in total. The first-order valence-electron chi connectivity index (χ1n) is 12.6. The molecule has 3 aliphatic rings. The Balaban J connectivity index is 1.18. The third-order valence-corrected chi connectivity index (χ3v) is 7.93. The maximum absolute atomic E-state index is 12.9. The molecule has 0 spiro atoms. The number of aryl methyl sites for hydroxylation is 1. The smallest absolute Gasteiger partial charge is 0.237 e. The SMILES string of the molecule is COC[C@H]1CCCN1C(=O)CC[C@@H]1CNC(=O)[C@H]2C[C@@H](NCc3cn(C)c4ccccc34)CN12. The number of fused-ring (bicyclic) bond motifs is 2. The minimum absolute atomic E-state index is 0.105. The largest absolute Gasteiger partial charge is 0.383 e. The fourth-order valence-corrected chi connectivity index (χ4v) is 6.18. The molecule has 34 heavy (non-hydrogen) atoms. The van der Waals surface area contributed by atoms with E-state index in [9.17, 15) is 9.59 Å². The third kappa shape index (κ3) is 4.59. The highest BCUT2D eigenvalue weighted by Crippen LogP contribution is 2.28. The number of hydrogen-bond donors (Lipinski definition) is 2. The first kappa shape index (κ1) is 23.3. The van der Waals surface area contributed by atoms with Crippen LogP contribution in [0.1, 0.15) is 37.7 Å². The number of piperazine rings is 1. The van der Waals surface area contributed by atoms with E-state index in [4.69, 9.17) is 4.74 Å². The lowest BCUT2D eigenvalue weighted by atomic mass is 10.0. The zero-order chi connectivity index (χ0) is 23.7. The number of aromatic nitrogens is 1. The molecule has 5 rings (SSSR count). The van der Waals surface area contributed by atoms with Gasteiger partial charge in [-0.2, -0.15) is 0 Å². The number of hydrogen-bond acceptors (Lipinski definition) is 5. The number of nitrogens with zero attached hydrogens (tertiary/aromatic N) is 3. The number of rotatable bonds is 8. The molecule has 3 aliphatic heterocycles. The number of ether oxygens (including phenoxy) is 1. The number of methoxy groups -OCH3 is 1. The van der Waals surface area contributed by atoms with Crippen LogP contribution in [0.15, 0.2) is 30.5 Å². The van der Waals surface area contributed by atoms with Gasteiger partial charge in [0, 0.05) is 75.9 Å². The van der Waals surface area contributed by atoms with Crippen molar-refractivity contribution >= 4 is 22.7 Å². The van der Waals surface area contributed by atoms with E-state index in [0.717, 1.165) is 45.3 Å². The molecule has 0 radical (unpaired) electrons. The maximum atomic E-state index is 12.9. The summed E-state index contributed by atoms with van der Waals surface area (Å²) in [7, 11) is 3.78. The van der Waals surface area contributed by atoms with Crippen molar-refractivity contribution in [1.82, 2.24) is 25.0 Å². The van der Waals surface area contributed by atoms with E-state index in [-0.39, 0.29) is 36.0 Å². The molecule has 184 valence electrons. The monoisotopic (exact) mass is 467 g/mol. The average molecular weight is 468 g/mol. The van der Waals surface area contributed by atoms with E-state index in [2.05, 4.69) is 57.6 Å². The lowest BCUT2D eigenvalue weighted by molar-refractivity contribution is -0.133. The molecule has 4 atom stereocenters. The molecule has 3 fully saturated rings. The van der Waals surface area contributed by atoms with Gasteiger partial charge in [0.1, 0.15) is 0 Å². The van der Waals surface area contributed by atoms with E-state index < -0.39 is 0 Å². The van der Waals surface area contributed by atoms with Gasteiger partial charge in [-0.3, -0.25) is 14.5 Å². The zero-order valence-electron chi connectivity index (χ0n) is 20.3. The normalized spacial score (nSPS) is 27.4. The molecule has 8 heteroatoms. The highest BCUT2D eigenvalue weighted by atomic mass is 16.5. The second-order valence-corrected chi connectivity index (χ2v) is 10.1. The molecular formula is C26H37N5O3. The minimum Gasteiger partial charge on any atom is -0.383 e. The van der Waals surface area contributed by atoms with Gasteiger partial charge in [0.2, 0.25) is 11.8 Å². The van der Waals surface area contributed by atoms with Gasteiger partial charge in [0.05, 0.1) is 18.7 Å². The summed E-state index contributed by atoms with van der Waals surface area (Å²) in [5.41, 5.74) is 2.52. The van der Waals surface area contributed by atoms with Crippen molar-refractivity contribution < 1.29 is 14.3 Å². The van der Waals surface area contributed by atoms with Crippen LogP contribution in [0.25, 0.3) is 10.9 Å². The molecule has 2 amide bonds. The molecule has 0 aliphatic carbocycles. The van der Waals surface area contributed by atoms with Gasteiger partial charge in [-0.25, -0.2) is 0 Å². The number of amides is 2. The lowest BCUT2D eigenvalue weighted by Gasteiger charge is -2.37. The Morgan fingerprint density at radius 1 is 1.26 bits per heavy atom. The Morgan fingerprint density at radius 2 is 2.12 bits per heavy atom. The summed E-state index contributed by atoms with van der Waals surface area (Å²) in [5, 5.41) is 8.07. The number of nitrogens with one attached hydrogen (secondary N) is 2. The fraction of sp³-hybridized carbons (Fsp3) is 0.615. The second kappa shape index (κ2) is 10.1. The fourth-order valence-electron chi connectivity index (χ4n) is 6.18. The summed E-state index contributed by atoms with van der Waals surface area (Å²) in [5.74, 6) is 0.342. The standard InChI is InChI=1S/C26H37N5O3/c1-29-15-18(22-7-3-4-8-23(22)29)13-27-19-12-24-26(33)28-14-20(31(24)16-19)9-10-25(32)30-11-5-6-21(30)17-34-2/h3-4,7-8,15,19-21,24,27H,5-6,9-14,16-17H2,1-2H3,(H,28,33)/t19-,20-,21-,24-/m1/s1. The Morgan fingerprint density at radius 3 is 2.97 bits per heavy atom. The topological polar surface area (TPSA) is 78.8 Å². The minimum atomic E-state index is -0.105. The van der Waals surface area contributed by atoms with Gasteiger partial charge in [-0.15, -0.1) is 0 Å². The first-order valence-corrected chi connectivity index (χ1v) is 12.6. The zero-order valence-corrected chi connectivity index (χ0v) is 20.3. The summed E-state index contributed by atoms with van der Waals surface area (Å²) in [4.78, 5) is 29.9. The highest BCUT2D eigenvalue weighted by molar-refractivity contribution is 5.84. The Bertz CT molecular complexity index is 1040. The van der Waals surface area contributed by atoms with Gasteiger partial charge in [-0.05, 0) is 37.3 Å². The third-order valence-electron chi connectivity index (χ3n) is 7.93. The van der Waals surface area contributed by atoms with E-state index in [0.29, 0.717) is 19.6 Å². The van der Waals surface area contributed by atoms with Crippen molar-refractivity contribution in [2.24, 2.45) is 7.05 Å². The molecule has 0 bridgehead atoms. The van der Waals surface area contributed by atoms with Crippen LogP contribution >= 0.6 is 0 Å². The van der Waals surface area contributed by atoms with Crippen molar-refractivity contribution in [1.29, 1.82) is 0 Å². The molecule has 2 aromatic rings. The van der Waals surface area contributed by atoms with Gasteiger partial charge >= 0.3 is 0 Å². The summed E-state index contributed by atoms with van der Waals surface area (Å²) in [6, 6.07) is 9.04. The van der Waals surface area contributed by atoms with Crippen LogP contribution in [-0.2, 0) is 27.9 Å². The quantitative estimate of drug-likeness (QED) is 0.617. The van der Waals surface area contributed by atoms with Crippen LogP contribution < -0.4 is 10.6 Å². The van der Waals surface area contributed by atoms with Gasteiger partial charge in [0.25, 0.3) is 0 Å². The van der Waals surface area contributed by atoms with E-state index in [1.807, 2.05) is 4.90 Å². The first-order chi connectivity index (χ1) is 16.5. The van der Waals surface area contributed by atoms with Gasteiger partial charge < -0.3 is 24.8 Å². The molecule has 1 aromatic heterocycles. The van der Waals surface area contributed by atoms with Crippen LogP contribution in [0.3, 0.4) is 0 Å². The van der Waals surface area contributed by atoms with E-state index in [1.165, 1.54) is 16.5 Å². The number of carbonyl (C=O) groups excluding carboxylic acids is 2. The number of para-hydroxylation sites is 1. The van der Waals surface area contributed by atoms with Crippen molar-refractivity contribution in [3.05, 3.63) is 36.0 Å². The van der Waals surface area contributed by atoms with Crippen LogP contribution in [0, 0.1) is 0 Å². The number of likely N-dealkylation sites (tertiary alicyclic amines) is 1. The summed E-state index contributed by atoms with van der Waals surface area (Å²) in [6.45, 7) is 3.70. The second-order valence-electron chi connectivity index (χ2n) is 10.1. The Labute approximate surface area is 201 Å². The maximum Gasteiger partial charge on any atom is 0.237 e. The number of carbonyl (C=O) groups is 2. The van der Waals surface area contributed by atoms with Crippen molar-refractivity contribution in [3.8, 4) is 0 Å². The van der Waals surface area contributed by atoms with Crippen molar-refractivity contribution in [2.45, 2.75) is 62.8 Å². The van der Waals surface area contributed by atoms with Crippen LogP contribution in [0.2, 0.25) is 0 Å². The molecule has 2 N–H and O–H groups in total. The van der Waals surface area contributed by atoms with Crippen molar-refractivity contribution in [2.75, 3.05) is 33.4 Å². The lowest BCUT2D eigenvalue weighted by Crippen LogP contribution is -2.58. The predicted molar refractivity (Wildman–Crippen MR) is 131 cm³/mol. The van der Waals surface area contributed by atoms with Crippen LogP contribution in [-0.4, -0.2) is 83.7 Å². The number of benzene rings is 1. The molecule has 4 heterocycles. The van der Waals surface area contributed by atoms with Crippen molar-refractivity contribution in [3.63, 3.8) is 0 Å². The van der Waals surface area contributed by atoms with E-state index in [1.54, 1.807) is 7.11 Å². The highest BCUT2D eigenvalue weighted by Gasteiger charge is 2.43. The van der Waals surface area contributed by atoms with Gasteiger partial charge in [-0.1, -0.05) is 18.2 Å². The predicted octanol–water partition coefficient (Wildman–Crippen LogP) is 1.63. The average Bonchev–Trinajstić information content (AvgIpc) is 3.56. The molecular weight excluding hydrogens is 430 g/mol. The summed E-state index contributed by atoms with van der Waals surface area (Å²) in [6.07, 6.45) is 6.38. The summed E-state index contributed by atoms with van der Waals surface area (Å²) >= 11 is 0.